The molecular weight excluding hydrogens is 340 g/mol. The van der Waals surface area contributed by atoms with Gasteiger partial charge in [-0.3, -0.25) is 9.88 Å². The molecule has 1 fully saturated rings. The summed E-state index contributed by atoms with van der Waals surface area (Å²) >= 11 is 1.72. The molecule has 0 spiro atoms. The molecule has 1 saturated heterocycles. The van der Waals surface area contributed by atoms with Gasteiger partial charge < -0.3 is 0 Å². The summed E-state index contributed by atoms with van der Waals surface area (Å²) in [4.78, 5) is 16.5. The van der Waals surface area contributed by atoms with E-state index in [0.29, 0.717) is 12.0 Å². The van der Waals surface area contributed by atoms with Gasteiger partial charge in [0, 0.05) is 24.0 Å². The lowest BCUT2D eigenvalue weighted by atomic mass is 9.89. The van der Waals surface area contributed by atoms with E-state index in [-0.39, 0.29) is 0 Å². The van der Waals surface area contributed by atoms with Crippen LogP contribution in [0.2, 0.25) is 0 Å². The summed E-state index contributed by atoms with van der Waals surface area (Å²) in [6, 6.07) is 9.18. The highest BCUT2D eigenvalue weighted by molar-refractivity contribution is 7.18. The van der Waals surface area contributed by atoms with Gasteiger partial charge >= 0.3 is 0 Å². The summed E-state index contributed by atoms with van der Waals surface area (Å²) in [6.07, 6.45) is 2.48. The second-order valence-electron chi connectivity index (χ2n) is 7.48. The minimum absolute atomic E-state index is 0.313. The van der Waals surface area contributed by atoms with Gasteiger partial charge in [-0.15, -0.1) is 11.3 Å². The molecule has 4 heterocycles. The van der Waals surface area contributed by atoms with Crippen LogP contribution in [0.1, 0.15) is 59.4 Å². The molecule has 136 valence electrons. The number of rotatable bonds is 3. The standard InChI is InChI=1S/C21H26N4S/c1-13-10-18(11-14(2)22-13)17-6-5-9-25(12-17)15(3)19-7-8-20-21(24-19)23-16(4)26-20/h7-8,10-11,15,17H,5-6,9,12H2,1-4H3/t15-,17-/m0/s1. The molecule has 0 aromatic carbocycles. The summed E-state index contributed by atoms with van der Waals surface area (Å²) in [5, 5.41) is 1.08. The van der Waals surface area contributed by atoms with Crippen molar-refractivity contribution in [3.8, 4) is 0 Å². The van der Waals surface area contributed by atoms with Crippen LogP contribution in [0, 0.1) is 20.8 Å². The number of pyridine rings is 2. The highest BCUT2D eigenvalue weighted by Crippen LogP contribution is 2.32. The van der Waals surface area contributed by atoms with E-state index in [0.717, 1.165) is 40.8 Å². The van der Waals surface area contributed by atoms with Crippen LogP contribution in [0.25, 0.3) is 10.3 Å². The Morgan fingerprint density at radius 1 is 1.08 bits per heavy atom. The molecule has 0 saturated carbocycles. The van der Waals surface area contributed by atoms with Crippen LogP contribution >= 0.6 is 11.3 Å². The maximum atomic E-state index is 4.84. The molecule has 1 aliphatic heterocycles. The first-order chi connectivity index (χ1) is 12.5. The number of fused-ring (bicyclic) bond motifs is 1. The Morgan fingerprint density at radius 3 is 2.62 bits per heavy atom. The number of aryl methyl sites for hydroxylation is 3. The van der Waals surface area contributed by atoms with E-state index in [2.05, 4.69) is 59.9 Å². The van der Waals surface area contributed by atoms with Crippen molar-refractivity contribution in [3.05, 3.63) is 51.9 Å². The van der Waals surface area contributed by atoms with Gasteiger partial charge in [0.15, 0.2) is 5.65 Å². The fourth-order valence-electron chi connectivity index (χ4n) is 4.09. The summed E-state index contributed by atoms with van der Waals surface area (Å²) in [5.74, 6) is 0.580. The van der Waals surface area contributed by atoms with Crippen LogP contribution in [-0.4, -0.2) is 32.9 Å². The van der Waals surface area contributed by atoms with Crippen LogP contribution in [0.4, 0.5) is 0 Å². The Kier molecular flexibility index (Phi) is 4.76. The fraction of sp³-hybridized carbons (Fsp3) is 0.476. The number of thiazole rings is 1. The van der Waals surface area contributed by atoms with Gasteiger partial charge in [0.1, 0.15) is 0 Å². The van der Waals surface area contributed by atoms with Gasteiger partial charge in [0.2, 0.25) is 0 Å². The first-order valence-electron chi connectivity index (χ1n) is 9.43. The first-order valence-corrected chi connectivity index (χ1v) is 10.2. The summed E-state index contributed by atoms with van der Waals surface area (Å²) < 4.78 is 1.18. The van der Waals surface area contributed by atoms with E-state index in [9.17, 15) is 0 Å². The molecule has 0 N–H and O–H groups in total. The summed E-state index contributed by atoms with van der Waals surface area (Å²) in [5.41, 5.74) is 5.70. The number of nitrogens with zero attached hydrogens (tertiary/aromatic N) is 4. The third-order valence-electron chi connectivity index (χ3n) is 5.39. The molecule has 4 rings (SSSR count). The summed E-state index contributed by atoms with van der Waals surface area (Å²) in [7, 11) is 0. The first kappa shape index (κ1) is 17.6. The molecule has 0 unspecified atom stereocenters. The van der Waals surface area contributed by atoms with Crippen molar-refractivity contribution in [2.75, 3.05) is 13.1 Å². The fourth-order valence-corrected chi connectivity index (χ4v) is 4.86. The van der Waals surface area contributed by atoms with Crippen molar-refractivity contribution in [2.45, 2.75) is 52.5 Å². The minimum atomic E-state index is 0.313. The molecule has 1 aliphatic rings. The monoisotopic (exact) mass is 366 g/mol. The molecule has 3 aromatic heterocycles. The molecule has 0 amide bonds. The van der Waals surface area contributed by atoms with Crippen LogP contribution in [0.3, 0.4) is 0 Å². The lowest BCUT2D eigenvalue weighted by molar-refractivity contribution is 0.156. The zero-order valence-electron chi connectivity index (χ0n) is 16.0. The lowest BCUT2D eigenvalue weighted by Crippen LogP contribution is -2.36. The summed E-state index contributed by atoms with van der Waals surface area (Å²) in [6.45, 7) is 10.7. The van der Waals surface area contributed by atoms with E-state index in [1.807, 2.05) is 6.92 Å². The molecule has 5 heteroatoms. The van der Waals surface area contributed by atoms with Gasteiger partial charge in [0.25, 0.3) is 0 Å². The number of hydrogen-bond acceptors (Lipinski definition) is 5. The van der Waals surface area contributed by atoms with E-state index in [4.69, 9.17) is 4.98 Å². The predicted molar refractivity (Wildman–Crippen MR) is 108 cm³/mol. The maximum absolute atomic E-state index is 4.84. The lowest BCUT2D eigenvalue weighted by Gasteiger charge is -2.37. The van der Waals surface area contributed by atoms with Crippen molar-refractivity contribution >= 4 is 21.7 Å². The van der Waals surface area contributed by atoms with Gasteiger partial charge in [-0.05, 0) is 82.8 Å². The highest BCUT2D eigenvalue weighted by Gasteiger charge is 2.26. The number of likely N-dealkylation sites (tertiary alicyclic amines) is 1. The number of aromatic nitrogens is 3. The van der Waals surface area contributed by atoms with Crippen molar-refractivity contribution < 1.29 is 0 Å². The van der Waals surface area contributed by atoms with Crippen molar-refractivity contribution in [1.29, 1.82) is 0 Å². The third kappa shape index (κ3) is 3.51. The van der Waals surface area contributed by atoms with Crippen LogP contribution in [0.15, 0.2) is 24.3 Å². The highest BCUT2D eigenvalue weighted by atomic mass is 32.1. The van der Waals surface area contributed by atoms with Gasteiger partial charge in [-0.25, -0.2) is 9.97 Å². The Morgan fingerprint density at radius 2 is 1.85 bits per heavy atom. The maximum Gasteiger partial charge on any atom is 0.170 e. The normalized spacial score (nSPS) is 19.8. The van der Waals surface area contributed by atoms with E-state index in [1.54, 1.807) is 11.3 Å². The van der Waals surface area contributed by atoms with Crippen molar-refractivity contribution in [1.82, 2.24) is 19.9 Å². The van der Waals surface area contributed by atoms with Crippen LogP contribution in [-0.2, 0) is 0 Å². The Labute approximate surface area is 159 Å². The van der Waals surface area contributed by atoms with Gasteiger partial charge in [0.05, 0.1) is 15.4 Å². The number of piperidine rings is 1. The third-order valence-corrected chi connectivity index (χ3v) is 6.31. The SMILES string of the molecule is Cc1cc([C@H]2CCCN([C@@H](C)c3ccc4sc(C)nc4n3)C2)cc(C)n1. The average Bonchev–Trinajstić information content (AvgIpc) is 2.99. The average molecular weight is 367 g/mol. The Hall–Kier alpha value is -1.85. The molecule has 0 bridgehead atoms. The second-order valence-corrected chi connectivity index (χ2v) is 8.72. The Bertz CT molecular complexity index is 913. The molecule has 0 aliphatic carbocycles. The van der Waals surface area contributed by atoms with E-state index < -0.39 is 0 Å². The van der Waals surface area contributed by atoms with Crippen LogP contribution < -0.4 is 0 Å². The molecule has 0 radical (unpaired) electrons. The quantitative estimate of drug-likeness (QED) is 0.657. The largest absolute Gasteiger partial charge is 0.294 e. The Balaban J connectivity index is 1.56. The molecule has 3 aromatic rings. The topological polar surface area (TPSA) is 41.9 Å². The van der Waals surface area contributed by atoms with Gasteiger partial charge in [-0.1, -0.05) is 0 Å². The second kappa shape index (κ2) is 7.05. The van der Waals surface area contributed by atoms with Crippen molar-refractivity contribution in [3.63, 3.8) is 0 Å². The van der Waals surface area contributed by atoms with E-state index >= 15 is 0 Å². The predicted octanol–water partition coefficient (Wildman–Crippen LogP) is 4.95. The molecular formula is C21H26N4S. The molecule has 4 nitrogen and oxygen atoms in total. The van der Waals surface area contributed by atoms with Gasteiger partial charge in [-0.2, -0.15) is 0 Å². The number of hydrogen-bond donors (Lipinski definition) is 0. The van der Waals surface area contributed by atoms with Crippen LogP contribution in [0.5, 0.6) is 0 Å². The molecule has 26 heavy (non-hydrogen) atoms. The zero-order valence-corrected chi connectivity index (χ0v) is 16.8. The molecule has 2 atom stereocenters. The van der Waals surface area contributed by atoms with Crippen molar-refractivity contribution in [2.24, 2.45) is 0 Å². The minimum Gasteiger partial charge on any atom is -0.294 e. The smallest absolute Gasteiger partial charge is 0.170 e. The zero-order chi connectivity index (χ0) is 18.3. The van der Waals surface area contributed by atoms with E-state index in [1.165, 1.54) is 23.1 Å².